The lowest BCUT2D eigenvalue weighted by atomic mass is 10.1. The summed E-state index contributed by atoms with van der Waals surface area (Å²) < 4.78 is 2.12. The van der Waals surface area contributed by atoms with Gasteiger partial charge in [0.1, 0.15) is 5.82 Å². The summed E-state index contributed by atoms with van der Waals surface area (Å²) in [6, 6.07) is 0. The molecule has 6 heteroatoms. The average molecular weight is 274 g/mol. The van der Waals surface area contributed by atoms with Gasteiger partial charge in [0.15, 0.2) is 0 Å². The summed E-state index contributed by atoms with van der Waals surface area (Å²) in [7, 11) is 2.06. The second kappa shape index (κ2) is 5.26. The van der Waals surface area contributed by atoms with E-state index in [1.54, 1.807) is 0 Å². The Balaban J connectivity index is 1.83. The van der Waals surface area contributed by atoms with Gasteiger partial charge in [-0.1, -0.05) is 0 Å². The van der Waals surface area contributed by atoms with Gasteiger partial charge in [-0.3, -0.25) is 5.10 Å². The van der Waals surface area contributed by atoms with Crippen LogP contribution >= 0.6 is 0 Å². The molecule has 1 aliphatic rings. The van der Waals surface area contributed by atoms with E-state index in [4.69, 9.17) is 0 Å². The van der Waals surface area contributed by atoms with Crippen molar-refractivity contribution in [3.8, 4) is 0 Å². The number of aromatic nitrogens is 5. The van der Waals surface area contributed by atoms with E-state index >= 15 is 0 Å². The molecule has 6 nitrogen and oxygen atoms in total. The van der Waals surface area contributed by atoms with Crippen LogP contribution in [0.2, 0.25) is 0 Å². The van der Waals surface area contributed by atoms with Crippen LogP contribution in [0, 0.1) is 13.8 Å². The van der Waals surface area contributed by atoms with Gasteiger partial charge in [-0.05, 0) is 33.1 Å². The van der Waals surface area contributed by atoms with Gasteiger partial charge in [-0.25, -0.2) is 0 Å². The van der Waals surface area contributed by atoms with E-state index < -0.39 is 0 Å². The maximum absolute atomic E-state index is 4.39. The first-order valence-electron chi connectivity index (χ1n) is 7.30. The minimum Gasteiger partial charge on any atom is -0.341 e. The molecule has 0 saturated carbocycles. The number of piperidine rings is 1. The smallest absolute Gasteiger partial charge is 0.226 e. The Kier molecular flexibility index (Phi) is 3.46. The summed E-state index contributed by atoms with van der Waals surface area (Å²) in [4.78, 5) is 2.34. The Morgan fingerprint density at radius 1 is 1.10 bits per heavy atom. The van der Waals surface area contributed by atoms with Crippen LogP contribution in [-0.4, -0.2) is 38.1 Å². The minimum atomic E-state index is 0.783. The number of nitrogens with one attached hydrogen (secondary N) is 1. The van der Waals surface area contributed by atoms with Crippen LogP contribution in [0.3, 0.4) is 0 Å². The van der Waals surface area contributed by atoms with Crippen LogP contribution in [-0.2, 0) is 13.5 Å². The van der Waals surface area contributed by atoms with E-state index in [1.807, 2.05) is 6.92 Å². The number of hydrogen-bond acceptors (Lipinski definition) is 4. The van der Waals surface area contributed by atoms with Crippen molar-refractivity contribution in [1.82, 2.24) is 25.0 Å². The van der Waals surface area contributed by atoms with Crippen LogP contribution in [0.1, 0.15) is 42.0 Å². The molecule has 1 aliphatic heterocycles. The van der Waals surface area contributed by atoms with Crippen LogP contribution in [0.15, 0.2) is 0 Å². The second-order valence-electron chi connectivity index (χ2n) is 5.61. The van der Waals surface area contributed by atoms with Gasteiger partial charge in [0.2, 0.25) is 5.95 Å². The summed E-state index contributed by atoms with van der Waals surface area (Å²) in [5, 5.41) is 16.0. The minimum absolute atomic E-state index is 0.783. The molecular formula is C14H22N6. The standard InChI is InChI=1S/C14H22N6/c1-10-12(11(2)16-15-10)9-13-17-18-14(19(13)3)20-7-5-4-6-8-20/h4-9H2,1-3H3,(H,15,16). The van der Waals surface area contributed by atoms with Gasteiger partial charge >= 0.3 is 0 Å². The fourth-order valence-electron chi connectivity index (χ4n) is 2.87. The fraction of sp³-hybridized carbons (Fsp3) is 0.643. The van der Waals surface area contributed by atoms with E-state index in [0.717, 1.165) is 42.7 Å². The van der Waals surface area contributed by atoms with Crippen molar-refractivity contribution in [1.29, 1.82) is 0 Å². The van der Waals surface area contributed by atoms with Gasteiger partial charge < -0.3 is 9.47 Å². The zero-order chi connectivity index (χ0) is 14.1. The van der Waals surface area contributed by atoms with Gasteiger partial charge in [0.25, 0.3) is 0 Å². The highest BCUT2D eigenvalue weighted by Crippen LogP contribution is 2.20. The third kappa shape index (κ3) is 2.30. The molecule has 1 N–H and O–H groups in total. The molecule has 0 spiro atoms. The number of H-pyrrole nitrogens is 1. The van der Waals surface area contributed by atoms with Gasteiger partial charge in [-0.15, -0.1) is 10.2 Å². The number of hydrogen-bond donors (Lipinski definition) is 1. The third-order valence-electron chi connectivity index (χ3n) is 4.20. The molecule has 2 aromatic heterocycles. The van der Waals surface area contributed by atoms with E-state index in [0.29, 0.717) is 0 Å². The topological polar surface area (TPSA) is 62.6 Å². The number of anilines is 1. The zero-order valence-corrected chi connectivity index (χ0v) is 12.5. The molecule has 108 valence electrons. The molecular weight excluding hydrogens is 252 g/mol. The summed E-state index contributed by atoms with van der Waals surface area (Å²) >= 11 is 0. The van der Waals surface area contributed by atoms with Gasteiger partial charge in [0, 0.05) is 37.8 Å². The van der Waals surface area contributed by atoms with Crippen LogP contribution in [0.4, 0.5) is 5.95 Å². The van der Waals surface area contributed by atoms with Gasteiger partial charge in [0.05, 0.1) is 5.69 Å². The number of rotatable bonds is 3. The Labute approximate surface area is 119 Å². The normalized spacial score (nSPS) is 15.8. The highest BCUT2D eigenvalue weighted by Gasteiger charge is 2.19. The highest BCUT2D eigenvalue weighted by molar-refractivity contribution is 5.34. The fourth-order valence-corrected chi connectivity index (χ4v) is 2.87. The van der Waals surface area contributed by atoms with Gasteiger partial charge in [-0.2, -0.15) is 5.10 Å². The molecule has 3 rings (SSSR count). The lowest BCUT2D eigenvalue weighted by Gasteiger charge is -2.27. The number of aryl methyl sites for hydroxylation is 2. The molecule has 2 aromatic rings. The Morgan fingerprint density at radius 3 is 2.50 bits per heavy atom. The van der Waals surface area contributed by atoms with E-state index in [9.17, 15) is 0 Å². The van der Waals surface area contributed by atoms with Crippen molar-refractivity contribution >= 4 is 5.95 Å². The van der Waals surface area contributed by atoms with Crippen molar-refractivity contribution in [3.05, 3.63) is 22.8 Å². The quantitative estimate of drug-likeness (QED) is 0.926. The van der Waals surface area contributed by atoms with Crippen LogP contribution < -0.4 is 4.90 Å². The maximum atomic E-state index is 4.39. The lowest BCUT2D eigenvalue weighted by molar-refractivity contribution is 0.561. The predicted octanol–water partition coefficient (Wildman–Crippen LogP) is 1.74. The van der Waals surface area contributed by atoms with E-state index in [2.05, 4.69) is 43.8 Å². The lowest BCUT2D eigenvalue weighted by Crippen LogP contribution is -2.31. The Bertz CT molecular complexity index is 571. The molecule has 1 saturated heterocycles. The van der Waals surface area contributed by atoms with Crippen molar-refractivity contribution in [3.63, 3.8) is 0 Å². The molecule has 1 fully saturated rings. The van der Waals surface area contributed by atoms with Crippen molar-refractivity contribution in [2.24, 2.45) is 7.05 Å². The zero-order valence-electron chi connectivity index (χ0n) is 12.5. The average Bonchev–Trinajstić information content (AvgIpc) is 2.98. The SMILES string of the molecule is Cc1n[nH]c(C)c1Cc1nnc(N2CCCCC2)n1C. The van der Waals surface area contributed by atoms with Crippen molar-refractivity contribution in [2.75, 3.05) is 18.0 Å². The monoisotopic (exact) mass is 274 g/mol. The Hall–Kier alpha value is -1.85. The molecule has 0 aliphatic carbocycles. The largest absolute Gasteiger partial charge is 0.341 e. The van der Waals surface area contributed by atoms with Crippen molar-refractivity contribution < 1.29 is 0 Å². The first kappa shape index (κ1) is 13.1. The summed E-state index contributed by atoms with van der Waals surface area (Å²) in [5.74, 6) is 2.00. The third-order valence-corrected chi connectivity index (χ3v) is 4.20. The number of aromatic amines is 1. The second-order valence-corrected chi connectivity index (χ2v) is 5.61. The van der Waals surface area contributed by atoms with Crippen LogP contribution in [0.5, 0.6) is 0 Å². The van der Waals surface area contributed by atoms with E-state index in [1.165, 1.54) is 24.8 Å². The molecule has 3 heterocycles. The summed E-state index contributed by atoms with van der Waals surface area (Å²) in [6.07, 6.45) is 4.62. The first-order valence-corrected chi connectivity index (χ1v) is 7.30. The molecule has 0 aromatic carbocycles. The van der Waals surface area contributed by atoms with Crippen LogP contribution in [0.25, 0.3) is 0 Å². The molecule has 0 unspecified atom stereocenters. The summed E-state index contributed by atoms with van der Waals surface area (Å²) in [5.41, 5.74) is 3.39. The predicted molar refractivity (Wildman–Crippen MR) is 77.9 cm³/mol. The highest BCUT2D eigenvalue weighted by atomic mass is 15.4. The maximum Gasteiger partial charge on any atom is 0.226 e. The molecule has 0 bridgehead atoms. The Morgan fingerprint density at radius 2 is 1.85 bits per heavy atom. The number of nitrogens with zero attached hydrogens (tertiary/aromatic N) is 5. The van der Waals surface area contributed by atoms with E-state index in [-0.39, 0.29) is 0 Å². The molecule has 0 radical (unpaired) electrons. The molecule has 0 amide bonds. The molecule has 20 heavy (non-hydrogen) atoms. The summed E-state index contributed by atoms with van der Waals surface area (Å²) in [6.45, 7) is 6.27. The first-order chi connectivity index (χ1) is 9.66. The molecule has 0 atom stereocenters. The van der Waals surface area contributed by atoms with Crippen molar-refractivity contribution in [2.45, 2.75) is 39.5 Å².